The summed E-state index contributed by atoms with van der Waals surface area (Å²) in [5.41, 5.74) is -0.240. The Hall–Kier alpha value is -2.22. The molecule has 0 saturated carbocycles. The number of carbonyl (C=O) groups is 3. The van der Waals surface area contributed by atoms with Crippen LogP contribution in [0.5, 0.6) is 0 Å². The zero-order valence-electron chi connectivity index (χ0n) is 14.6. The summed E-state index contributed by atoms with van der Waals surface area (Å²) in [6, 6.07) is 1.30. The third-order valence-electron chi connectivity index (χ3n) is 4.26. The lowest BCUT2D eigenvalue weighted by molar-refractivity contribution is -0.146. The normalized spacial score (nSPS) is 19.6. The lowest BCUT2D eigenvalue weighted by Crippen LogP contribution is -2.47. The summed E-state index contributed by atoms with van der Waals surface area (Å²) in [4.78, 5) is 37.8. The SMILES string of the molecule is CC(C)NC(=O)C(=O)N1CCC(C(=O)Nc2ccc(F)c(Cl)c2F)C1C. The van der Waals surface area contributed by atoms with Gasteiger partial charge in [-0.3, -0.25) is 14.4 Å². The van der Waals surface area contributed by atoms with Gasteiger partial charge < -0.3 is 15.5 Å². The van der Waals surface area contributed by atoms with E-state index in [0.717, 1.165) is 12.1 Å². The number of nitrogens with zero attached hydrogens (tertiary/aromatic N) is 1. The fourth-order valence-electron chi connectivity index (χ4n) is 2.88. The number of likely N-dealkylation sites (tertiary alicyclic amines) is 1. The van der Waals surface area contributed by atoms with Crippen molar-refractivity contribution in [3.8, 4) is 0 Å². The molecule has 0 aromatic heterocycles. The van der Waals surface area contributed by atoms with Crippen LogP contribution < -0.4 is 10.6 Å². The average molecular weight is 388 g/mol. The summed E-state index contributed by atoms with van der Waals surface area (Å²) in [7, 11) is 0. The molecular weight excluding hydrogens is 368 g/mol. The molecular formula is C17H20ClF2N3O3. The Balaban J connectivity index is 2.07. The van der Waals surface area contributed by atoms with E-state index in [4.69, 9.17) is 11.6 Å². The number of hydrogen-bond donors (Lipinski definition) is 2. The van der Waals surface area contributed by atoms with Gasteiger partial charge in [-0.25, -0.2) is 8.78 Å². The molecule has 0 aliphatic carbocycles. The van der Waals surface area contributed by atoms with Gasteiger partial charge >= 0.3 is 11.8 Å². The quantitative estimate of drug-likeness (QED) is 0.617. The van der Waals surface area contributed by atoms with Crippen molar-refractivity contribution in [1.82, 2.24) is 10.2 Å². The lowest BCUT2D eigenvalue weighted by atomic mass is 10.0. The number of nitrogens with one attached hydrogen (secondary N) is 2. The van der Waals surface area contributed by atoms with E-state index in [-0.39, 0.29) is 18.3 Å². The standard InChI is InChI=1S/C17H20ClF2N3O3/c1-8(2)21-16(25)17(26)23-7-6-10(9(23)3)15(24)22-12-5-4-11(19)13(18)14(12)20/h4-5,8-10H,6-7H2,1-3H3,(H,21,25)(H,22,24). The van der Waals surface area contributed by atoms with Crippen LogP contribution in [0.25, 0.3) is 0 Å². The Kier molecular flexibility index (Phi) is 6.17. The number of carbonyl (C=O) groups excluding carboxylic acids is 3. The van der Waals surface area contributed by atoms with E-state index in [2.05, 4.69) is 10.6 Å². The van der Waals surface area contributed by atoms with Gasteiger partial charge in [-0.15, -0.1) is 0 Å². The molecule has 2 unspecified atom stereocenters. The predicted octanol–water partition coefficient (Wildman–Crippen LogP) is 2.32. The number of halogens is 3. The van der Waals surface area contributed by atoms with Gasteiger partial charge in [0.15, 0.2) is 5.82 Å². The molecule has 9 heteroatoms. The predicted molar refractivity (Wildman–Crippen MR) is 92.6 cm³/mol. The molecule has 2 rings (SSSR count). The second kappa shape index (κ2) is 7.99. The smallest absolute Gasteiger partial charge is 0.312 e. The second-order valence-electron chi connectivity index (χ2n) is 6.47. The molecule has 2 atom stereocenters. The molecule has 1 fully saturated rings. The van der Waals surface area contributed by atoms with E-state index in [1.807, 2.05) is 0 Å². The third-order valence-corrected chi connectivity index (χ3v) is 4.61. The highest BCUT2D eigenvalue weighted by molar-refractivity contribution is 6.35. The van der Waals surface area contributed by atoms with Crippen LogP contribution in [0, 0.1) is 17.6 Å². The van der Waals surface area contributed by atoms with Crippen molar-refractivity contribution in [3.05, 3.63) is 28.8 Å². The van der Waals surface area contributed by atoms with Crippen LogP contribution in [0.2, 0.25) is 5.02 Å². The molecule has 26 heavy (non-hydrogen) atoms. The Morgan fingerprint density at radius 3 is 2.54 bits per heavy atom. The van der Waals surface area contributed by atoms with Gasteiger partial charge in [0.05, 0.1) is 11.6 Å². The first-order valence-corrected chi connectivity index (χ1v) is 8.57. The van der Waals surface area contributed by atoms with Crippen molar-refractivity contribution < 1.29 is 23.2 Å². The minimum absolute atomic E-state index is 0.186. The fraction of sp³-hybridized carbons (Fsp3) is 0.471. The van der Waals surface area contributed by atoms with Crippen LogP contribution in [0.4, 0.5) is 14.5 Å². The van der Waals surface area contributed by atoms with Crippen molar-refractivity contribution in [2.45, 2.75) is 39.3 Å². The van der Waals surface area contributed by atoms with E-state index < -0.39 is 46.3 Å². The molecule has 1 heterocycles. The topological polar surface area (TPSA) is 78.5 Å². The van der Waals surface area contributed by atoms with Gasteiger partial charge in [0.2, 0.25) is 5.91 Å². The summed E-state index contributed by atoms with van der Waals surface area (Å²) < 4.78 is 27.1. The summed E-state index contributed by atoms with van der Waals surface area (Å²) in [5, 5.41) is 4.18. The largest absolute Gasteiger partial charge is 0.346 e. The number of rotatable bonds is 3. The Labute approximate surface area is 154 Å². The van der Waals surface area contributed by atoms with Gasteiger partial charge in [-0.1, -0.05) is 11.6 Å². The number of anilines is 1. The van der Waals surface area contributed by atoms with Crippen LogP contribution in [0.15, 0.2) is 12.1 Å². The maximum Gasteiger partial charge on any atom is 0.312 e. The third kappa shape index (κ3) is 4.12. The molecule has 1 aromatic carbocycles. The summed E-state index contributed by atoms with van der Waals surface area (Å²) in [6.45, 7) is 5.34. The molecule has 0 spiro atoms. The first-order chi connectivity index (χ1) is 12.1. The summed E-state index contributed by atoms with van der Waals surface area (Å²) >= 11 is 5.50. The van der Waals surface area contributed by atoms with E-state index in [1.54, 1.807) is 20.8 Å². The minimum atomic E-state index is -1.06. The second-order valence-corrected chi connectivity index (χ2v) is 6.85. The highest BCUT2D eigenvalue weighted by Gasteiger charge is 2.40. The molecule has 1 aromatic rings. The first-order valence-electron chi connectivity index (χ1n) is 8.19. The maximum atomic E-state index is 13.9. The molecule has 1 saturated heterocycles. The average Bonchev–Trinajstić information content (AvgIpc) is 2.95. The zero-order valence-corrected chi connectivity index (χ0v) is 15.4. The number of benzene rings is 1. The molecule has 0 radical (unpaired) electrons. The van der Waals surface area contributed by atoms with Crippen LogP contribution in [0.1, 0.15) is 27.2 Å². The monoisotopic (exact) mass is 387 g/mol. The van der Waals surface area contributed by atoms with Gasteiger partial charge in [0.25, 0.3) is 0 Å². The molecule has 1 aliphatic rings. The van der Waals surface area contributed by atoms with Crippen LogP contribution in [-0.2, 0) is 14.4 Å². The minimum Gasteiger partial charge on any atom is -0.346 e. The van der Waals surface area contributed by atoms with E-state index in [9.17, 15) is 23.2 Å². The fourth-order valence-corrected chi connectivity index (χ4v) is 3.04. The Morgan fingerprint density at radius 2 is 1.92 bits per heavy atom. The molecule has 1 aliphatic heterocycles. The number of hydrogen-bond acceptors (Lipinski definition) is 3. The summed E-state index contributed by atoms with van der Waals surface area (Å²) in [5.74, 6) is -4.59. The van der Waals surface area contributed by atoms with E-state index in [0.29, 0.717) is 6.42 Å². The molecule has 2 N–H and O–H groups in total. The highest BCUT2D eigenvalue weighted by Crippen LogP contribution is 2.29. The highest BCUT2D eigenvalue weighted by atomic mass is 35.5. The Bertz CT molecular complexity index is 742. The lowest BCUT2D eigenvalue weighted by Gasteiger charge is -2.24. The van der Waals surface area contributed by atoms with Gasteiger partial charge in [0, 0.05) is 18.6 Å². The maximum absolute atomic E-state index is 13.9. The zero-order chi connectivity index (χ0) is 19.6. The first kappa shape index (κ1) is 20.1. The van der Waals surface area contributed by atoms with Crippen LogP contribution in [0.3, 0.4) is 0 Å². The van der Waals surface area contributed by atoms with Gasteiger partial charge in [-0.05, 0) is 39.3 Å². The van der Waals surface area contributed by atoms with Crippen LogP contribution in [-0.4, -0.2) is 41.2 Å². The molecule has 0 bridgehead atoms. The molecule has 6 nitrogen and oxygen atoms in total. The van der Waals surface area contributed by atoms with Gasteiger partial charge in [0.1, 0.15) is 10.8 Å². The van der Waals surface area contributed by atoms with Gasteiger partial charge in [-0.2, -0.15) is 0 Å². The van der Waals surface area contributed by atoms with Crippen LogP contribution >= 0.6 is 11.6 Å². The van der Waals surface area contributed by atoms with Crippen molar-refractivity contribution in [2.75, 3.05) is 11.9 Å². The van der Waals surface area contributed by atoms with E-state index in [1.165, 1.54) is 4.90 Å². The van der Waals surface area contributed by atoms with E-state index >= 15 is 0 Å². The summed E-state index contributed by atoms with van der Waals surface area (Å²) in [6.07, 6.45) is 0.324. The van der Waals surface area contributed by atoms with Crippen molar-refractivity contribution >= 4 is 35.0 Å². The number of amides is 3. The molecule has 3 amide bonds. The van der Waals surface area contributed by atoms with Crippen molar-refractivity contribution in [1.29, 1.82) is 0 Å². The van der Waals surface area contributed by atoms with Crippen molar-refractivity contribution in [3.63, 3.8) is 0 Å². The Morgan fingerprint density at radius 1 is 1.27 bits per heavy atom. The molecule has 142 valence electrons. The van der Waals surface area contributed by atoms with Crippen molar-refractivity contribution in [2.24, 2.45) is 5.92 Å².